The van der Waals surface area contributed by atoms with Crippen molar-refractivity contribution < 1.29 is 4.79 Å². The molecule has 0 heterocycles. The molecule has 2 N–H and O–H groups in total. The molecule has 0 aromatic carbocycles. The molecule has 1 radical (unpaired) electrons. The topological polar surface area (TPSA) is 52.9 Å². The molecule has 59 valence electrons. The first kappa shape index (κ1) is 9.43. The molecule has 0 aliphatic rings. The molecule has 0 atom stereocenters. The van der Waals surface area contributed by atoms with Crippen molar-refractivity contribution in [3.8, 4) is 0 Å². The van der Waals surface area contributed by atoms with Crippen LogP contribution in [0.1, 0.15) is 26.2 Å². The SMILES string of the molecule is CCCCNC(=O)CC[NH]. The highest BCUT2D eigenvalue weighted by molar-refractivity contribution is 5.75. The largest absolute Gasteiger partial charge is 0.356 e. The van der Waals surface area contributed by atoms with Crippen LogP contribution in [0.3, 0.4) is 0 Å². The molecule has 0 aromatic rings. The van der Waals surface area contributed by atoms with E-state index in [1.807, 2.05) is 0 Å². The fourth-order valence-corrected chi connectivity index (χ4v) is 0.607. The summed E-state index contributed by atoms with van der Waals surface area (Å²) in [5.74, 6) is 0.00319. The number of hydrogen-bond donors (Lipinski definition) is 1. The second kappa shape index (κ2) is 6.55. The van der Waals surface area contributed by atoms with Crippen molar-refractivity contribution >= 4 is 5.91 Å². The fourth-order valence-electron chi connectivity index (χ4n) is 0.607. The van der Waals surface area contributed by atoms with Gasteiger partial charge in [-0.25, -0.2) is 0 Å². The molecule has 0 rings (SSSR count). The first-order valence-electron chi connectivity index (χ1n) is 3.72. The van der Waals surface area contributed by atoms with Crippen molar-refractivity contribution in [3.63, 3.8) is 0 Å². The van der Waals surface area contributed by atoms with Crippen molar-refractivity contribution in [2.24, 2.45) is 0 Å². The van der Waals surface area contributed by atoms with E-state index in [4.69, 9.17) is 5.73 Å². The molecule has 0 aromatic heterocycles. The molecule has 3 heteroatoms. The minimum atomic E-state index is 0.00319. The first-order valence-corrected chi connectivity index (χ1v) is 3.72. The van der Waals surface area contributed by atoms with Crippen LogP contribution in [-0.2, 0) is 4.79 Å². The van der Waals surface area contributed by atoms with E-state index in [9.17, 15) is 4.79 Å². The van der Waals surface area contributed by atoms with Crippen LogP contribution in [0.15, 0.2) is 0 Å². The predicted molar refractivity (Wildman–Crippen MR) is 40.5 cm³/mol. The Morgan fingerprint density at radius 3 is 2.80 bits per heavy atom. The van der Waals surface area contributed by atoms with Gasteiger partial charge < -0.3 is 5.32 Å². The summed E-state index contributed by atoms with van der Waals surface area (Å²) in [7, 11) is 0. The molecule has 0 fully saturated rings. The summed E-state index contributed by atoms with van der Waals surface area (Å²) in [6, 6.07) is 0. The van der Waals surface area contributed by atoms with Gasteiger partial charge in [-0.15, -0.1) is 0 Å². The summed E-state index contributed by atoms with van der Waals surface area (Å²) in [4.78, 5) is 10.7. The number of carbonyl (C=O) groups is 1. The summed E-state index contributed by atoms with van der Waals surface area (Å²) in [5.41, 5.74) is 6.75. The highest BCUT2D eigenvalue weighted by atomic mass is 16.1. The monoisotopic (exact) mass is 143 g/mol. The van der Waals surface area contributed by atoms with E-state index in [2.05, 4.69) is 12.2 Å². The third-order valence-corrected chi connectivity index (χ3v) is 1.20. The van der Waals surface area contributed by atoms with Crippen LogP contribution < -0.4 is 11.1 Å². The van der Waals surface area contributed by atoms with Gasteiger partial charge in [-0.3, -0.25) is 10.5 Å². The number of unbranched alkanes of at least 4 members (excludes halogenated alkanes) is 1. The van der Waals surface area contributed by atoms with Crippen LogP contribution >= 0.6 is 0 Å². The summed E-state index contributed by atoms with van der Waals surface area (Å²) >= 11 is 0. The first-order chi connectivity index (χ1) is 4.81. The summed E-state index contributed by atoms with van der Waals surface area (Å²) in [6.45, 7) is 3.03. The average molecular weight is 143 g/mol. The Bertz CT molecular complexity index is 93.6. The van der Waals surface area contributed by atoms with Crippen LogP contribution in [0, 0.1) is 0 Å². The lowest BCUT2D eigenvalue weighted by Gasteiger charge is -2.00. The van der Waals surface area contributed by atoms with Gasteiger partial charge in [0.15, 0.2) is 0 Å². The maximum atomic E-state index is 10.7. The van der Waals surface area contributed by atoms with E-state index in [-0.39, 0.29) is 12.5 Å². The third-order valence-electron chi connectivity index (χ3n) is 1.20. The second-order valence-corrected chi connectivity index (χ2v) is 2.20. The third kappa shape index (κ3) is 5.56. The number of carbonyl (C=O) groups excluding carboxylic acids is 1. The minimum Gasteiger partial charge on any atom is -0.356 e. The Morgan fingerprint density at radius 2 is 2.30 bits per heavy atom. The normalized spacial score (nSPS) is 9.40. The van der Waals surface area contributed by atoms with Crippen LogP contribution in [0.25, 0.3) is 0 Å². The molecule has 1 amide bonds. The van der Waals surface area contributed by atoms with Gasteiger partial charge in [-0.2, -0.15) is 0 Å². The Morgan fingerprint density at radius 1 is 1.60 bits per heavy atom. The smallest absolute Gasteiger partial charge is 0.221 e. The van der Waals surface area contributed by atoms with Gasteiger partial charge in [0.2, 0.25) is 5.91 Å². The summed E-state index contributed by atoms with van der Waals surface area (Å²) in [6.07, 6.45) is 2.47. The number of rotatable bonds is 5. The molecule has 0 aliphatic heterocycles. The second-order valence-electron chi connectivity index (χ2n) is 2.20. The van der Waals surface area contributed by atoms with Gasteiger partial charge >= 0.3 is 0 Å². The molecule has 0 saturated heterocycles. The molecular weight excluding hydrogens is 128 g/mol. The van der Waals surface area contributed by atoms with E-state index in [0.717, 1.165) is 19.4 Å². The zero-order valence-corrected chi connectivity index (χ0v) is 6.44. The quantitative estimate of drug-likeness (QED) is 0.562. The van der Waals surface area contributed by atoms with Gasteiger partial charge in [-0.05, 0) is 6.42 Å². The van der Waals surface area contributed by atoms with Crippen LogP contribution in [0.4, 0.5) is 0 Å². The van der Waals surface area contributed by atoms with Gasteiger partial charge in [0, 0.05) is 19.5 Å². The van der Waals surface area contributed by atoms with Crippen molar-refractivity contribution in [2.75, 3.05) is 13.1 Å². The van der Waals surface area contributed by atoms with Gasteiger partial charge in [0.05, 0.1) is 0 Å². The maximum absolute atomic E-state index is 10.7. The maximum Gasteiger partial charge on any atom is 0.221 e. The zero-order valence-electron chi connectivity index (χ0n) is 6.44. The molecule has 0 aliphatic carbocycles. The number of hydrogen-bond acceptors (Lipinski definition) is 1. The molecule has 10 heavy (non-hydrogen) atoms. The van der Waals surface area contributed by atoms with Gasteiger partial charge in [0.25, 0.3) is 0 Å². The number of amides is 1. The van der Waals surface area contributed by atoms with Gasteiger partial charge in [-0.1, -0.05) is 13.3 Å². The average Bonchev–Trinajstić information content (AvgIpc) is 1.89. The van der Waals surface area contributed by atoms with Crippen molar-refractivity contribution in [3.05, 3.63) is 0 Å². The van der Waals surface area contributed by atoms with Crippen LogP contribution in [-0.4, -0.2) is 19.0 Å². The molecule has 0 saturated carbocycles. The number of nitrogens with one attached hydrogen (secondary N) is 2. The van der Waals surface area contributed by atoms with E-state index < -0.39 is 0 Å². The van der Waals surface area contributed by atoms with E-state index in [1.165, 1.54) is 0 Å². The van der Waals surface area contributed by atoms with E-state index in [0.29, 0.717) is 6.42 Å². The Kier molecular flexibility index (Phi) is 6.18. The highest BCUT2D eigenvalue weighted by Gasteiger charge is 1.95. The minimum absolute atomic E-state index is 0.00319. The van der Waals surface area contributed by atoms with Crippen LogP contribution in [0.2, 0.25) is 0 Å². The molecule has 0 bridgehead atoms. The lowest BCUT2D eigenvalue weighted by molar-refractivity contribution is -0.120. The Hall–Kier alpha value is -0.570. The predicted octanol–water partition coefficient (Wildman–Crippen LogP) is 0.576. The lowest BCUT2D eigenvalue weighted by atomic mass is 10.3. The van der Waals surface area contributed by atoms with Crippen LogP contribution in [0.5, 0.6) is 0 Å². The molecular formula is C7H15N2O. The Balaban J connectivity index is 3.05. The summed E-state index contributed by atoms with van der Waals surface area (Å²) in [5, 5.41) is 2.73. The highest BCUT2D eigenvalue weighted by Crippen LogP contribution is 1.83. The van der Waals surface area contributed by atoms with E-state index in [1.54, 1.807) is 0 Å². The standard InChI is InChI=1S/C7H15N2O/c1-2-3-6-9-7(10)4-5-8/h8H,2-6H2,1H3,(H,9,10). The van der Waals surface area contributed by atoms with Gasteiger partial charge in [0.1, 0.15) is 0 Å². The molecule has 0 unspecified atom stereocenters. The molecule has 3 nitrogen and oxygen atoms in total. The Labute approximate surface area is 62.0 Å². The van der Waals surface area contributed by atoms with Crippen molar-refractivity contribution in [1.82, 2.24) is 11.1 Å². The fraction of sp³-hybridized carbons (Fsp3) is 0.857. The lowest BCUT2D eigenvalue weighted by Crippen LogP contribution is -2.24. The zero-order chi connectivity index (χ0) is 7.82. The molecule has 0 spiro atoms. The summed E-state index contributed by atoms with van der Waals surface area (Å²) < 4.78 is 0. The van der Waals surface area contributed by atoms with E-state index >= 15 is 0 Å². The van der Waals surface area contributed by atoms with Crippen molar-refractivity contribution in [2.45, 2.75) is 26.2 Å². The van der Waals surface area contributed by atoms with Crippen molar-refractivity contribution in [1.29, 1.82) is 0 Å².